The molecule has 6 heteroatoms. The summed E-state index contributed by atoms with van der Waals surface area (Å²) in [4.78, 5) is 25.1. The largest absolute Gasteiger partial charge is 0.393 e. The molecule has 1 saturated heterocycles. The van der Waals surface area contributed by atoms with Crippen molar-refractivity contribution in [2.24, 2.45) is 28.6 Å². The Morgan fingerprint density at radius 3 is 2.56 bits per heavy atom. The van der Waals surface area contributed by atoms with Crippen molar-refractivity contribution in [3.8, 4) is 0 Å². The lowest BCUT2D eigenvalue weighted by molar-refractivity contribution is -0.225. The lowest BCUT2D eigenvalue weighted by Crippen LogP contribution is -2.63. The van der Waals surface area contributed by atoms with Crippen molar-refractivity contribution in [2.75, 3.05) is 6.61 Å². The van der Waals surface area contributed by atoms with Gasteiger partial charge in [0.05, 0.1) is 12.2 Å². The van der Waals surface area contributed by atoms with E-state index in [2.05, 4.69) is 6.92 Å². The van der Waals surface area contributed by atoms with Gasteiger partial charge in [-0.25, -0.2) is 0 Å². The van der Waals surface area contributed by atoms with Gasteiger partial charge in [-0.3, -0.25) is 9.59 Å². The van der Waals surface area contributed by atoms with E-state index in [1.807, 2.05) is 26.8 Å². The Labute approximate surface area is 191 Å². The van der Waals surface area contributed by atoms with E-state index in [1.165, 1.54) is 0 Å². The molecule has 0 aromatic rings. The minimum atomic E-state index is -1.24. The smallest absolute Gasteiger partial charge is 0.193 e. The first-order valence-electron chi connectivity index (χ1n) is 12.1. The molecular formula is C26H38O6. The van der Waals surface area contributed by atoms with Crippen molar-refractivity contribution in [1.29, 1.82) is 0 Å². The maximum atomic E-state index is 13.2. The second-order valence-electron chi connectivity index (χ2n) is 10.9. The summed E-state index contributed by atoms with van der Waals surface area (Å²) >= 11 is 0. The topological polar surface area (TPSA) is 93.1 Å². The Morgan fingerprint density at radius 2 is 1.91 bits per heavy atom. The van der Waals surface area contributed by atoms with E-state index in [1.54, 1.807) is 26.0 Å². The molecule has 2 N–H and O–H groups in total. The highest BCUT2D eigenvalue weighted by Crippen LogP contribution is 2.70. The molecule has 0 aromatic heterocycles. The maximum Gasteiger partial charge on any atom is 0.193 e. The van der Waals surface area contributed by atoms with Gasteiger partial charge in [-0.2, -0.15) is 0 Å². The van der Waals surface area contributed by atoms with Crippen molar-refractivity contribution >= 4 is 11.6 Å². The van der Waals surface area contributed by atoms with Crippen LogP contribution in [0.15, 0.2) is 23.8 Å². The zero-order valence-corrected chi connectivity index (χ0v) is 20.2. The first kappa shape index (κ1) is 23.8. The first-order chi connectivity index (χ1) is 15.0. The van der Waals surface area contributed by atoms with Gasteiger partial charge in [0.2, 0.25) is 0 Å². The van der Waals surface area contributed by atoms with E-state index < -0.39 is 35.6 Å². The number of fused-ring (bicyclic) bond motifs is 7. The van der Waals surface area contributed by atoms with E-state index >= 15 is 0 Å². The van der Waals surface area contributed by atoms with Crippen molar-refractivity contribution in [3.63, 3.8) is 0 Å². The lowest BCUT2D eigenvalue weighted by atomic mass is 9.46. The number of ketones is 2. The molecule has 5 rings (SSSR count). The average molecular weight is 447 g/mol. The standard InChI is InChI=1S/C24H32O6.C2H6/c1-21(2)29-19-10-16-15-6-5-13-9-14(26)7-8-22(13,3)20(15)17(27)11-23(16,4)24(19,30-21)18(28)12-25;1-2/h7-9,15-17,19-20,25,27H,5-6,10-12H2,1-4H3;1-2H3/t15?,16?,17-,19+,20+,22-,23-,24+;/m0./s1. The molecule has 5 aliphatic rings. The number of hydrogen-bond donors (Lipinski definition) is 2. The van der Waals surface area contributed by atoms with Crippen LogP contribution < -0.4 is 0 Å². The van der Waals surface area contributed by atoms with E-state index in [0.717, 1.165) is 18.4 Å². The number of rotatable bonds is 2. The molecule has 8 atom stereocenters. The quantitative estimate of drug-likeness (QED) is 0.676. The fourth-order valence-corrected chi connectivity index (χ4v) is 8.04. The summed E-state index contributed by atoms with van der Waals surface area (Å²) in [5.41, 5.74) is -1.12. The summed E-state index contributed by atoms with van der Waals surface area (Å²) in [7, 11) is 0. The number of carbonyl (C=O) groups is 2. The van der Waals surface area contributed by atoms with Gasteiger partial charge < -0.3 is 19.7 Å². The van der Waals surface area contributed by atoms with Gasteiger partial charge in [0.1, 0.15) is 6.61 Å². The Kier molecular flexibility index (Phi) is 5.65. The molecule has 4 aliphatic carbocycles. The van der Waals surface area contributed by atoms with Gasteiger partial charge in [-0.05, 0) is 63.5 Å². The van der Waals surface area contributed by atoms with Crippen LogP contribution in [0.2, 0.25) is 0 Å². The van der Waals surface area contributed by atoms with Crippen molar-refractivity contribution in [2.45, 2.75) is 90.8 Å². The second kappa shape index (κ2) is 7.59. The molecule has 178 valence electrons. The number of aliphatic hydroxyl groups excluding tert-OH is 2. The molecule has 0 radical (unpaired) electrons. The fourth-order valence-electron chi connectivity index (χ4n) is 8.04. The van der Waals surface area contributed by atoms with Crippen LogP contribution in [0.5, 0.6) is 0 Å². The average Bonchev–Trinajstić information content (AvgIpc) is 3.15. The van der Waals surface area contributed by atoms with Crippen LogP contribution in [0.25, 0.3) is 0 Å². The predicted octanol–water partition coefficient (Wildman–Crippen LogP) is 3.35. The molecule has 0 bridgehead atoms. The molecule has 1 aliphatic heterocycles. The van der Waals surface area contributed by atoms with Crippen molar-refractivity contribution in [1.82, 2.24) is 0 Å². The molecule has 0 spiro atoms. The summed E-state index contributed by atoms with van der Waals surface area (Å²) in [6.45, 7) is 11.2. The monoisotopic (exact) mass is 446 g/mol. The Morgan fingerprint density at radius 1 is 1.22 bits per heavy atom. The predicted molar refractivity (Wildman–Crippen MR) is 120 cm³/mol. The van der Waals surface area contributed by atoms with E-state index in [4.69, 9.17) is 9.47 Å². The van der Waals surface area contributed by atoms with E-state index in [0.29, 0.717) is 12.8 Å². The van der Waals surface area contributed by atoms with Crippen LogP contribution in [0.3, 0.4) is 0 Å². The number of carbonyl (C=O) groups excluding carboxylic acids is 2. The summed E-state index contributed by atoms with van der Waals surface area (Å²) in [6.07, 6.45) is 7.04. The normalized spacial score (nSPS) is 47.9. The Hall–Kier alpha value is -1.34. The highest BCUT2D eigenvalue weighted by molar-refractivity contribution is 6.01. The molecule has 32 heavy (non-hydrogen) atoms. The minimum absolute atomic E-state index is 0.0167. The minimum Gasteiger partial charge on any atom is -0.393 e. The highest BCUT2D eigenvalue weighted by Gasteiger charge is 2.76. The van der Waals surface area contributed by atoms with E-state index in [9.17, 15) is 19.8 Å². The number of ether oxygens (including phenoxy) is 2. The summed E-state index contributed by atoms with van der Waals surface area (Å²) < 4.78 is 12.6. The first-order valence-corrected chi connectivity index (χ1v) is 12.1. The third-order valence-corrected chi connectivity index (χ3v) is 9.05. The fraction of sp³-hybridized carbons (Fsp3) is 0.769. The zero-order chi connectivity index (χ0) is 23.7. The molecule has 6 nitrogen and oxygen atoms in total. The van der Waals surface area contributed by atoms with Crippen LogP contribution in [-0.4, -0.2) is 52.0 Å². The molecule has 2 unspecified atom stereocenters. The maximum absolute atomic E-state index is 13.2. The SMILES string of the molecule is CC.CC1(C)O[C@@H]2CC3C4CCC5=CC(=O)C=C[C@]5(C)[C@H]4[C@@H](O)C[C@]3(C)[C@]2(C(=O)CO)O1. The molecule has 1 heterocycles. The zero-order valence-electron chi connectivity index (χ0n) is 20.2. The molecule has 0 amide bonds. The second-order valence-corrected chi connectivity index (χ2v) is 10.9. The molecule has 0 aromatic carbocycles. The van der Waals surface area contributed by atoms with Gasteiger partial charge in [-0.1, -0.05) is 39.3 Å². The van der Waals surface area contributed by atoms with Gasteiger partial charge in [0.25, 0.3) is 0 Å². The van der Waals surface area contributed by atoms with Crippen LogP contribution in [-0.2, 0) is 19.1 Å². The third kappa shape index (κ3) is 2.92. The number of allylic oxidation sites excluding steroid dienone is 4. The van der Waals surface area contributed by atoms with Crippen LogP contribution in [0.1, 0.15) is 67.2 Å². The van der Waals surface area contributed by atoms with Gasteiger partial charge in [0, 0.05) is 16.7 Å². The number of aliphatic hydroxyl groups is 2. The molecule has 3 saturated carbocycles. The van der Waals surface area contributed by atoms with Crippen LogP contribution in [0, 0.1) is 28.6 Å². The van der Waals surface area contributed by atoms with E-state index in [-0.39, 0.29) is 34.7 Å². The van der Waals surface area contributed by atoms with Crippen molar-refractivity contribution < 1.29 is 29.3 Å². The van der Waals surface area contributed by atoms with Gasteiger partial charge in [-0.15, -0.1) is 0 Å². The van der Waals surface area contributed by atoms with Gasteiger partial charge in [0.15, 0.2) is 23.0 Å². The summed E-state index contributed by atoms with van der Waals surface area (Å²) in [5, 5.41) is 21.3. The lowest BCUT2D eigenvalue weighted by Gasteiger charge is -2.59. The summed E-state index contributed by atoms with van der Waals surface area (Å²) in [6, 6.07) is 0. The Balaban J connectivity index is 0.00000119. The third-order valence-electron chi connectivity index (χ3n) is 9.05. The highest BCUT2D eigenvalue weighted by atomic mass is 16.8. The molecular weight excluding hydrogens is 408 g/mol. The van der Waals surface area contributed by atoms with Crippen LogP contribution >= 0.6 is 0 Å². The van der Waals surface area contributed by atoms with Crippen LogP contribution in [0.4, 0.5) is 0 Å². The number of hydrogen-bond acceptors (Lipinski definition) is 6. The molecule has 4 fully saturated rings. The number of Topliss-reactive ketones (excluding diaryl/α,β-unsaturated/α-hetero) is 1. The summed E-state index contributed by atoms with van der Waals surface area (Å²) in [5.74, 6) is -0.947. The van der Waals surface area contributed by atoms with Crippen molar-refractivity contribution in [3.05, 3.63) is 23.8 Å². The Bertz CT molecular complexity index is 874. The van der Waals surface area contributed by atoms with Gasteiger partial charge >= 0.3 is 0 Å².